The normalized spacial score (nSPS) is 10.6. The Hall–Kier alpha value is -2.95. The van der Waals surface area contributed by atoms with Crippen LogP contribution >= 0.6 is 0 Å². The zero-order valence-electron chi connectivity index (χ0n) is 14.1. The van der Waals surface area contributed by atoms with Gasteiger partial charge in [0.15, 0.2) is 23.1 Å². The summed E-state index contributed by atoms with van der Waals surface area (Å²) in [5.74, 6) is -3.17. The summed E-state index contributed by atoms with van der Waals surface area (Å²) in [4.78, 5) is 0. The molecule has 0 fully saturated rings. The average molecular weight is 358 g/mol. The number of hydrogen-bond acceptors (Lipinski definition) is 2. The zero-order chi connectivity index (χ0) is 18.5. The van der Waals surface area contributed by atoms with Crippen molar-refractivity contribution in [3.8, 4) is 22.6 Å². The Morgan fingerprint density at radius 3 is 2.23 bits per heavy atom. The van der Waals surface area contributed by atoms with Gasteiger partial charge in [0, 0.05) is 11.1 Å². The Kier molecular flexibility index (Phi) is 5.46. The van der Waals surface area contributed by atoms with Crippen LogP contribution < -0.4 is 9.47 Å². The highest BCUT2D eigenvalue weighted by atomic mass is 19.2. The molecule has 0 N–H and O–H groups in total. The first-order valence-corrected chi connectivity index (χ1v) is 8.18. The first kappa shape index (κ1) is 17.9. The Balaban J connectivity index is 1.98. The minimum absolute atomic E-state index is 0.0893. The fourth-order valence-electron chi connectivity index (χ4n) is 2.60. The van der Waals surface area contributed by atoms with Gasteiger partial charge in [0.1, 0.15) is 6.61 Å². The second kappa shape index (κ2) is 7.95. The van der Waals surface area contributed by atoms with Crippen molar-refractivity contribution in [1.82, 2.24) is 0 Å². The molecule has 134 valence electrons. The molecule has 0 radical (unpaired) electrons. The summed E-state index contributed by atoms with van der Waals surface area (Å²) in [6, 6.07) is 16.0. The first-order chi connectivity index (χ1) is 12.6. The van der Waals surface area contributed by atoms with Gasteiger partial charge < -0.3 is 9.47 Å². The molecule has 0 aliphatic heterocycles. The molecule has 0 unspecified atom stereocenters. The van der Waals surface area contributed by atoms with Crippen LogP contribution in [0.2, 0.25) is 0 Å². The predicted octanol–water partition coefficient (Wildman–Crippen LogP) is 5.75. The van der Waals surface area contributed by atoms with Gasteiger partial charge in [-0.2, -0.15) is 4.39 Å². The highest BCUT2D eigenvalue weighted by Gasteiger charge is 2.20. The molecule has 0 bridgehead atoms. The van der Waals surface area contributed by atoms with Crippen LogP contribution in [0.3, 0.4) is 0 Å². The maximum atomic E-state index is 14.5. The van der Waals surface area contributed by atoms with Crippen molar-refractivity contribution in [1.29, 1.82) is 0 Å². The van der Waals surface area contributed by atoms with Gasteiger partial charge in [-0.3, -0.25) is 0 Å². The van der Waals surface area contributed by atoms with Crippen LogP contribution in [-0.4, -0.2) is 6.61 Å². The lowest BCUT2D eigenvalue weighted by molar-refractivity contribution is 0.291. The lowest BCUT2D eigenvalue weighted by Crippen LogP contribution is -2.02. The van der Waals surface area contributed by atoms with E-state index in [4.69, 9.17) is 9.47 Å². The van der Waals surface area contributed by atoms with Crippen molar-refractivity contribution < 1.29 is 22.6 Å². The summed E-state index contributed by atoms with van der Waals surface area (Å²) >= 11 is 0. The second-order valence-electron chi connectivity index (χ2n) is 5.56. The molecular weight excluding hydrogens is 341 g/mol. The third kappa shape index (κ3) is 3.67. The second-order valence-corrected chi connectivity index (χ2v) is 5.56. The van der Waals surface area contributed by atoms with Crippen molar-refractivity contribution in [2.24, 2.45) is 0 Å². The van der Waals surface area contributed by atoms with E-state index in [9.17, 15) is 13.2 Å². The smallest absolute Gasteiger partial charge is 0.201 e. The van der Waals surface area contributed by atoms with Crippen LogP contribution in [0.25, 0.3) is 11.1 Å². The van der Waals surface area contributed by atoms with E-state index in [0.29, 0.717) is 0 Å². The zero-order valence-corrected chi connectivity index (χ0v) is 14.1. The minimum Gasteiger partial charge on any atom is -0.491 e. The van der Waals surface area contributed by atoms with Gasteiger partial charge in [-0.15, -0.1) is 0 Å². The molecule has 0 saturated carbocycles. The molecule has 3 aromatic rings. The van der Waals surface area contributed by atoms with Gasteiger partial charge in [0.2, 0.25) is 5.82 Å². The molecule has 3 aromatic carbocycles. The summed E-state index contributed by atoms with van der Waals surface area (Å²) in [6.07, 6.45) is 0. The summed E-state index contributed by atoms with van der Waals surface area (Å²) < 4.78 is 53.6. The Labute approximate surface area is 149 Å². The van der Waals surface area contributed by atoms with Crippen molar-refractivity contribution >= 4 is 0 Å². The van der Waals surface area contributed by atoms with Gasteiger partial charge in [-0.25, -0.2) is 8.78 Å². The van der Waals surface area contributed by atoms with Crippen LogP contribution in [0, 0.1) is 17.5 Å². The number of hydrogen-bond donors (Lipinski definition) is 0. The summed E-state index contributed by atoms with van der Waals surface area (Å²) in [5.41, 5.74) is 0.883. The fraction of sp³-hybridized carbons (Fsp3) is 0.143. The van der Waals surface area contributed by atoms with Crippen molar-refractivity contribution in [2.75, 3.05) is 6.61 Å². The van der Waals surface area contributed by atoms with Gasteiger partial charge in [-0.1, -0.05) is 42.5 Å². The highest BCUT2D eigenvalue weighted by molar-refractivity contribution is 5.72. The SMILES string of the molecule is CCOc1ccc(-c2cccc(F)c2OCc2ccccc2)c(F)c1F. The lowest BCUT2D eigenvalue weighted by Gasteiger charge is -2.14. The minimum atomic E-state index is -1.11. The average Bonchev–Trinajstić information content (AvgIpc) is 2.66. The van der Waals surface area contributed by atoms with E-state index in [-0.39, 0.29) is 35.8 Å². The molecule has 2 nitrogen and oxygen atoms in total. The lowest BCUT2D eigenvalue weighted by atomic mass is 10.0. The molecule has 26 heavy (non-hydrogen) atoms. The molecule has 0 heterocycles. The van der Waals surface area contributed by atoms with Crippen LogP contribution in [0.15, 0.2) is 60.7 Å². The van der Waals surface area contributed by atoms with Gasteiger partial charge in [0.25, 0.3) is 0 Å². The summed E-state index contributed by atoms with van der Waals surface area (Å²) in [6.45, 7) is 1.99. The number of benzene rings is 3. The number of halogens is 3. The van der Waals surface area contributed by atoms with Crippen molar-refractivity contribution in [2.45, 2.75) is 13.5 Å². The Bertz CT molecular complexity index is 895. The topological polar surface area (TPSA) is 18.5 Å². The molecule has 0 atom stereocenters. The Morgan fingerprint density at radius 2 is 1.50 bits per heavy atom. The first-order valence-electron chi connectivity index (χ1n) is 8.18. The molecule has 0 aromatic heterocycles. The van der Waals surface area contributed by atoms with Crippen molar-refractivity contribution in [3.05, 3.63) is 83.7 Å². The van der Waals surface area contributed by atoms with Gasteiger partial charge in [0.05, 0.1) is 6.61 Å². The molecule has 0 aliphatic carbocycles. The molecular formula is C21H17F3O2. The molecule has 3 rings (SSSR count). The van der Waals surface area contributed by atoms with E-state index in [2.05, 4.69) is 0 Å². The highest BCUT2D eigenvalue weighted by Crippen LogP contribution is 2.37. The molecule has 0 aliphatic rings. The molecule has 0 saturated heterocycles. The Morgan fingerprint density at radius 1 is 0.731 bits per heavy atom. The number of rotatable bonds is 6. The molecule has 0 spiro atoms. The summed E-state index contributed by atoms with van der Waals surface area (Å²) in [5, 5.41) is 0. The van der Waals surface area contributed by atoms with Crippen LogP contribution in [0.4, 0.5) is 13.2 Å². The summed E-state index contributed by atoms with van der Waals surface area (Å²) in [7, 11) is 0. The third-order valence-electron chi connectivity index (χ3n) is 3.83. The fourth-order valence-corrected chi connectivity index (χ4v) is 2.60. The number of para-hydroxylation sites is 1. The van der Waals surface area contributed by atoms with Crippen LogP contribution in [0.5, 0.6) is 11.5 Å². The maximum Gasteiger partial charge on any atom is 0.201 e. The van der Waals surface area contributed by atoms with E-state index in [0.717, 1.165) is 5.56 Å². The predicted molar refractivity (Wildman–Crippen MR) is 93.7 cm³/mol. The number of ether oxygens (including phenoxy) is 2. The molecule has 5 heteroatoms. The van der Waals surface area contributed by atoms with Gasteiger partial charge >= 0.3 is 0 Å². The van der Waals surface area contributed by atoms with E-state index >= 15 is 0 Å². The van der Waals surface area contributed by atoms with E-state index < -0.39 is 17.5 Å². The van der Waals surface area contributed by atoms with Crippen molar-refractivity contribution in [3.63, 3.8) is 0 Å². The largest absolute Gasteiger partial charge is 0.491 e. The van der Waals surface area contributed by atoms with E-state index in [1.54, 1.807) is 6.92 Å². The van der Waals surface area contributed by atoms with E-state index in [1.165, 1.54) is 30.3 Å². The third-order valence-corrected chi connectivity index (χ3v) is 3.83. The maximum absolute atomic E-state index is 14.5. The quantitative estimate of drug-likeness (QED) is 0.559. The van der Waals surface area contributed by atoms with Crippen LogP contribution in [0.1, 0.15) is 12.5 Å². The van der Waals surface area contributed by atoms with Crippen LogP contribution in [-0.2, 0) is 6.61 Å². The monoisotopic (exact) mass is 358 g/mol. The van der Waals surface area contributed by atoms with E-state index in [1.807, 2.05) is 30.3 Å². The van der Waals surface area contributed by atoms with Gasteiger partial charge in [-0.05, 0) is 30.7 Å². The molecule has 0 amide bonds. The standard InChI is InChI=1S/C21H17F3O2/c1-2-25-18-12-11-15(19(23)20(18)24)16-9-6-10-17(22)21(16)26-13-14-7-4-3-5-8-14/h3-12H,2,13H2,1H3.